The second-order valence-corrected chi connectivity index (χ2v) is 6.69. The zero-order chi connectivity index (χ0) is 20.1. The Bertz CT molecular complexity index is 837. The molecule has 0 spiro atoms. The maximum Gasteiger partial charge on any atom is 0.344 e. The van der Waals surface area contributed by atoms with Crippen molar-refractivity contribution in [2.75, 3.05) is 13.2 Å². The van der Waals surface area contributed by atoms with E-state index >= 15 is 0 Å². The quantitative estimate of drug-likeness (QED) is 0.528. The Hall–Kier alpha value is -2.34. The van der Waals surface area contributed by atoms with Gasteiger partial charge in [-0.2, -0.15) is 4.39 Å². The van der Waals surface area contributed by atoms with E-state index < -0.39 is 30.0 Å². The predicted octanol–water partition coefficient (Wildman–Crippen LogP) is 4.98. The lowest BCUT2D eigenvalue weighted by atomic mass is 9.96. The molecule has 146 valence electrons. The third-order valence-electron chi connectivity index (χ3n) is 3.97. The molecule has 27 heavy (non-hydrogen) atoms. The molecule has 0 aliphatic carbocycles. The van der Waals surface area contributed by atoms with Gasteiger partial charge in [0, 0.05) is 18.1 Å². The minimum atomic E-state index is -1.22. The third kappa shape index (κ3) is 5.10. The summed E-state index contributed by atoms with van der Waals surface area (Å²) in [4.78, 5) is 11.3. The first-order valence-corrected chi connectivity index (χ1v) is 8.88. The van der Waals surface area contributed by atoms with Gasteiger partial charge in [-0.3, -0.25) is 0 Å². The maximum absolute atomic E-state index is 14.5. The molecule has 7 heteroatoms. The first-order valence-electron chi connectivity index (χ1n) is 8.51. The summed E-state index contributed by atoms with van der Waals surface area (Å²) in [6, 6.07) is 6.01. The number of phenolic OH excluding ortho intramolecular Hbond substituents is 1. The number of benzene rings is 2. The van der Waals surface area contributed by atoms with Crippen LogP contribution in [0.5, 0.6) is 11.5 Å². The van der Waals surface area contributed by atoms with Crippen LogP contribution >= 0.6 is 11.6 Å². The maximum atomic E-state index is 14.5. The van der Waals surface area contributed by atoms with E-state index in [4.69, 9.17) is 16.3 Å². The Balaban J connectivity index is 2.27. The monoisotopic (exact) mass is 398 g/mol. The van der Waals surface area contributed by atoms with E-state index in [-0.39, 0.29) is 35.3 Å². The first-order chi connectivity index (χ1) is 12.7. The SMILES string of the molecule is CCOC(=O)COc1cc(Cl)c(Cc2ccc(O)c(C(C)C)c2)c(F)c1F. The molecule has 2 aromatic rings. The Labute approximate surface area is 161 Å². The summed E-state index contributed by atoms with van der Waals surface area (Å²) in [6.07, 6.45) is 0.0414. The van der Waals surface area contributed by atoms with Gasteiger partial charge in [0.2, 0.25) is 5.82 Å². The van der Waals surface area contributed by atoms with Gasteiger partial charge in [0.05, 0.1) is 11.6 Å². The highest BCUT2D eigenvalue weighted by atomic mass is 35.5. The van der Waals surface area contributed by atoms with Crippen LogP contribution in [0.15, 0.2) is 24.3 Å². The number of hydrogen-bond donors (Lipinski definition) is 1. The van der Waals surface area contributed by atoms with Crippen LogP contribution in [0.1, 0.15) is 43.4 Å². The van der Waals surface area contributed by atoms with Crippen molar-refractivity contribution in [1.29, 1.82) is 0 Å². The standard InChI is InChI=1S/C20H21ClF2O4/c1-4-26-18(25)10-27-17-9-15(21)14(19(22)20(17)23)8-12-5-6-16(24)13(7-12)11(2)3/h5-7,9,11,24H,4,8,10H2,1-3H3. The molecule has 0 aliphatic heterocycles. The van der Waals surface area contributed by atoms with Crippen molar-refractivity contribution in [1.82, 2.24) is 0 Å². The number of phenols is 1. The van der Waals surface area contributed by atoms with Gasteiger partial charge in [0.15, 0.2) is 18.2 Å². The molecule has 0 saturated heterocycles. The molecule has 4 nitrogen and oxygen atoms in total. The van der Waals surface area contributed by atoms with Crippen LogP contribution in [0.25, 0.3) is 0 Å². The number of aromatic hydroxyl groups is 1. The van der Waals surface area contributed by atoms with Crippen LogP contribution < -0.4 is 4.74 Å². The van der Waals surface area contributed by atoms with Crippen molar-refractivity contribution in [3.05, 3.63) is 57.6 Å². The number of hydrogen-bond acceptors (Lipinski definition) is 4. The van der Waals surface area contributed by atoms with Crippen molar-refractivity contribution in [2.24, 2.45) is 0 Å². The van der Waals surface area contributed by atoms with Crippen LogP contribution in [0, 0.1) is 11.6 Å². The van der Waals surface area contributed by atoms with E-state index in [1.807, 2.05) is 13.8 Å². The summed E-state index contributed by atoms with van der Waals surface area (Å²) in [5.74, 6) is -3.29. The normalized spacial score (nSPS) is 10.9. The van der Waals surface area contributed by atoms with Gasteiger partial charge in [0.1, 0.15) is 5.75 Å². The second-order valence-electron chi connectivity index (χ2n) is 6.28. The Morgan fingerprint density at radius 3 is 2.56 bits per heavy atom. The minimum Gasteiger partial charge on any atom is -0.508 e. The van der Waals surface area contributed by atoms with Crippen LogP contribution in [0.2, 0.25) is 5.02 Å². The largest absolute Gasteiger partial charge is 0.508 e. The highest BCUT2D eigenvalue weighted by Crippen LogP contribution is 2.33. The number of ether oxygens (including phenoxy) is 2. The van der Waals surface area contributed by atoms with Gasteiger partial charge in [-0.25, -0.2) is 9.18 Å². The molecule has 0 unspecified atom stereocenters. The van der Waals surface area contributed by atoms with Crippen molar-refractivity contribution in [3.8, 4) is 11.5 Å². The number of halogens is 3. The lowest BCUT2D eigenvalue weighted by molar-refractivity contribution is -0.145. The molecule has 0 heterocycles. The fourth-order valence-corrected chi connectivity index (χ4v) is 2.85. The molecule has 0 atom stereocenters. The Morgan fingerprint density at radius 1 is 1.22 bits per heavy atom. The summed E-state index contributed by atoms with van der Waals surface area (Å²) in [6.45, 7) is 5.07. The van der Waals surface area contributed by atoms with E-state index in [1.54, 1.807) is 19.1 Å². The lowest BCUT2D eigenvalue weighted by Crippen LogP contribution is -2.15. The fourth-order valence-electron chi connectivity index (χ4n) is 2.60. The van der Waals surface area contributed by atoms with Gasteiger partial charge in [-0.05, 0) is 30.0 Å². The number of esters is 1. The van der Waals surface area contributed by atoms with E-state index in [1.165, 1.54) is 6.07 Å². The van der Waals surface area contributed by atoms with Gasteiger partial charge < -0.3 is 14.6 Å². The Morgan fingerprint density at radius 2 is 1.93 bits per heavy atom. The summed E-state index contributed by atoms with van der Waals surface area (Å²) >= 11 is 6.11. The zero-order valence-electron chi connectivity index (χ0n) is 15.3. The van der Waals surface area contributed by atoms with Gasteiger partial charge in [-0.15, -0.1) is 0 Å². The molecule has 0 bridgehead atoms. The average molecular weight is 399 g/mol. The van der Waals surface area contributed by atoms with E-state index in [0.717, 1.165) is 6.07 Å². The molecule has 0 aromatic heterocycles. The average Bonchev–Trinajstić information content (AvgIpc) is 2.62. The molecule has 0 radical (unpaired) electrons. The van der Waals surface area contributed by atoms with E-state index in [2.05, 4.69) is 4.74 Å². The van der Waals surface area contributed by atoms with Gasteiger partial charge in [-0.1, -0.05) is 37.6 Å². The third-order valence-corrected chi connectivity index (χ3v) is 4.30. The topological polar surface area (TPSA) is 55.8 Å². The van der Waals surface area contributed by atoms with Crippen molar-refractivity contribution in [3.63, 3.8) is 0 Å². The molecule has 0 aliphatic rings. The number of carbonyl (C=O) groups is 1. The van der Waals surface area contributed by atoms with Crippen LogP contribution in [0.4, 0.5) is 8.78 Å². The second kappa shape index (κ2) is 9.04. The number of rotatable bonds is 7. The Kier molecular flexibility index (Phi) is 7.02. The molecular weight excluding hydrogens is 378 g/mol. The lowest BCUT2D eigenvalue weighted by Gasteiger charge is -2.14. The molecule has 0 saturated carbocycles. The summed E-state index contributed by atoms with van der Waals surface area (Å²) in [7, 11) is 0. The summed E-state index contributed by atoms with van der Waals surface area (Å²) in [5.41, 5.74) is 1.36. The van der Waals surface area contributed by atoms with Gasteiger partial charge >= 0.3 is 5.97 Å². The van der Waals surface area contributed by atoms with Crippen LogP contribution in [0.3, 0.4) is 0 Å². The van der Waals surface area contributed by atoms with Gasteiger partial charge in [0.25, 0.3) is 0 Å². The zero-order valence-corrected chi connectivity index (χ0v) is 16.1. The summed E-state index contributed by atoms with van der Waals surface area (Å²) in [5, 5.41) is 9.87. The molecule has 0 fully saturated rings. The van der Waals surface area contributed by atoms with Crippen molar-refractivity contribution < 1.29 is 28.2 Å². The molecule has 1 N–H and O–H groups in total. The van der Waals surface area contributed by atoms with E-state index in [0.29, 0.717) is 11.1 Å². The van der Waals surface area contributed by atoms with Crippen molar-refractivity contribution in [2.45, 2.75) is 33.1 Å². The highest BCUT2D eigenvalue weighted by Gasteiger charge is 2.20. The molecule has 2 rings (SSSR count). The molecular formula is C20H21ClF2O4. The van der Waals surface area contributed by atoms with Crippen LogP contribution in [-0.2, 0) is 16.0 Å². The molecule has 0 amide bonds. The summed E-state index contributed by atoms with van der Waals surface area (Å²) < 4.78 is 38.5. The fraction of sp³-hybridized carbons (Fsp3) is 0.350. The predicted molar refractivity (Wildman–Crippen MR) is 98.5 cm³/mol. The van der Waals surface area contributed by atoms with Crippen molar-refractivity contribution >= 4 is 17.6 Å². The smallest absolute Gasteiger partial charge is 0.344 e. The number of carbonyl (C=O) groups excluding carboxylic acids is 1. The minimum absolute atomic E-state index is 0.0214. The van der Waals surface area contributed by atoms with E-state index in [9.17, 15) is 18.7 Å². The first kappa shape index (κ1) is 21.0. The highest BCUT2D eigenvalue weighted by molar-refractivity contribution is 6.31. The van der Waals surface area contributed by atoms with Crippen LogP contribution in [-0.4, -0.2) is 24.3 Å². The molecule has 2 aromatic carbocycles.